The van der Waals surface area contributed by atoms with Crippen molar-refractivity contribution in [3.8, 4) is 11.1 Å². The van der Waals surface area contributed by atoms with Crippen LogP contribution in [0.2, 0.25) is 0 Å². The second kappa shape index (κ2) is 9.61. The largest absolute Gasteiger partial charge is 0.279 e. The number of fused-ring (bicyclic) bond motifs is 1. The van der Waals surface area contributed by atoms with Gasteiger partial charge in [-0.2, -0.15) is 0 Å². The van der Waals surface area contributed by atoms with E-state index in [1.54, 1.807) is 28.0 Å². The summed E-state index contributed by atoms with van der Waals surface area (Å²) in [6.45, 7) is 0.468. The van der Waals surface area contributed by atoms with Gasteiger partial charge in [0.1, 0.15) is 0 Å². The average Bonchev–Trinajstić information content (AvgIpc) is 3.31. The molecule has 3 nitrogen and oxygen atoms in total. The van der Waals surface area contributed by atoms with E-state index in [4.69, 9.17) is 4.98 Å². The van der Waals surface area contributed by atoms with E-state index in [2.05, 4.69) is 30.5 Å². The quantitative estimate of drug-likeness (QED) is 0.242. The molecule has 5 aromatic rings. The third kappa shape index (κ3) is 4.70. The molecule has 1 aromatic heterocycles. The number of hydrogen-bond donors (Lipinski definition) is 0. The number of carbonyl (C=O) groups excluding carboxylic acids is 1. The lowest BCUT2D eigenvalue weighted by Gasteiger charge is -2.20. The van der Waals surface area contributed by atoms with Crippen LogP contribution in [0.4, 0.5) is 5.13 Å². The van der Waals surface area contributed by atoms with Gasteiger partial charge < -0.3 is 0 Å². The summed E-state index contributed by atoms with van der Waals surface area (Å²) >= 11 is 3.26. The minimum atomic E-state index is -0.0531. The molecule has 0 bridgehead atoms. The number of carbonyl (C=O) groups is 1. The Labute approximate surface area is 201 Å². The molecule has 0 atom stereocenters. The van der Waals surface area contributed by atoms with Crippen LogP contribution in [0.5, 0.6) is 0 Å². The molecule has 1 heterocycles. The minimum Gasteiger partial charge on any atom is -0.279 e. The lowest BCUT2D eigenvalue weighted by Crippen LogP contribution is -2.30. The molecule has 162 valence electrons. The molecule has 0 saturated carbocycles. The molecule has 5 rings (SSSR count). The summed E-state index contributed by atoms with van der Waals surface area (Å²) in [7, 11) is 0. The topological polar surface area (TPSA) is 33.2 Å². The van der Waals surface area contributed by atoms with Crippen molar-refractivity contribution in [2.45, 2.75) is 11.4 Å². The average molecular weight is 467 g/mol. The zero-order valence-electron chi connectivity index (χ0n) is 18.1. The van der Waals surface area contributed by atoms with E-state index in [1.807, 2.05) is 78.9 Å². The van der Waals surface area contributed by atoms with Crippen LogP contribution in [0.25, 0.3) is 21.3 Å². The summed E-state index contributed by atoms with van der Waals surface area (Å²) < 4.78 is 1.09. The molecule has 0 N–H and O–H groups in total. The highest BCUT2D eigenvalue weighted by Gasteiger charge is 2.22. The molecule has 0 spiro atoms. The van der Waals surface area contributed by atoms with Crippen molar-refractivity contribution in [2.24, 2.45) is 0 Å². The van der Waals surface area contributed by atoms with E-state index >= 15 is 0 Å². The normalized spacial score (nSPS) is 10.9. The van der Waals surface area contributed by atoms with Crippen molar-refractivity contribution in [3.63, 3.8) is 0 Å². The number of anilines is 1. The summed E-state index contributed by atoms with van der Waals surface area (Å²) in [5.41, 5.74) is 4.85. The predicted molar refractivity (Wildman–Crippen MR) is 140 cm³/mol. The molecule has 4 aromatic carbocycles. The molecule has 33 heavy (non-hydrogen) atoms. The summed E-state index contributed by atoms with van der Waals surface area (Å²) in [6, 6.07) is 34.3. The zero-order chi connectivity index (χ0) is 22.6. The Balaban J connectivity index is 1.50. The van der Waals surface area contributed by atoms with Crippen LogP contribution in [-0.4, -0.2) is 17.1 Å². The molecular formula is C28H22N2OS2. The molecule has 0 unspecified atom stereocenters. The van der Waals surface area contributed by atoms with Crippen molar-refractivity contribution < 1.29 is 4.79 Å². The Morgan fingerprint density at radius 3 is 2.21 bits per heavy atom. The van der Waals surface area contributed by atoms with Crippen LogP contribution in [0.3, 0.4) is 0 Å². The standard InChI is InChI=1S/C28H22N2OS2/c1-32-24-16-17-25-26(18-24)33-28(29-25)30(19-20-8-4-2-5-9-20)27(31)23-14-12-22(13-15-23)21-10-6-3-7-11-21/h2-18H,19H2,1H3. The van der Waals surface area contributed by atoms with E-state index in [9.17, 15) is 4.79 Å². The van der Waals surface area contributed by atoms with Gasteiger partial charge in [-0.15, -0.1) is 11.8 Å². The second-order valence-corrected chi connectivity index (χ2v) is 9.54. The number of benzene rings is 4. The Bertz CT molecular complexity index is 1380. The summed E-state index contributed by atoms with van der Waals surface area (Å²) in [4.78, 5) is 21.5. The fraction of sp³-hybridized carbons (Fsp3) is 0.0714. The first-order valence-electron chi connectivity index (χ1n) is 10.7. The number of amides is 1. The van der Waals surface area contributed by atoms with Gasteiger partial charge in [-0.3, -0.25) is 9.69 Å². The van der Waals surface area contributed by atoms with Crippen molar-refractivity contribution in [3.05, 3.63) is 114 Å². The van der Waals surface area contributed by atoms with Crippen LogP contribution in [-0.2, 0) is 6.54 Å². The van der Waals surface area contributed by atoms with Gasteiger partial charge in [0, 0.05) is 10.5 Å². The van der Waals surface area contributed by atoms with Crippen LogP contribution in [0, 0.1) is 0 Å². The Morgan fingerprint density at radius 2 is 1.52 bits per heavy atom. The first-order chi connectivity index (χ1) is 16.2. The molecule has 0 aliphatic heterocycles. The molecule has 0 saturated heterocycles. The number of thioether (sulfide) groups is 1. The predicted octanol–water partition coefficient (Wildman–Crippen LogP) is 7.53. The number of hydrogen-bond acceptors (Lipinski definition) is 4. The summed E-state index contributed by atoms with van der Waals surface area (Å²) in [5, 5.41) is 0.712. The van der Waals surface area contributed by atoms with Crippen LogP contribution >= 0.6 is 23.1 Å². The molecule has 0 aliphatic rings. The van der Waals surface area contributed by atoms with Gasteiger partial charge in [0.2, 0.25) is 0 Å². The fourth-order valence-electron chi connectivity index (χ4n) is 3.72. The fourth-order valence-corrected chi connectivity index (χ4v) is 5.24. The highest BCUT2D eigenvalue weighted by atomic mass is 32.2. The molecule has 1 amide bonds. The van der Waals surface area contributed by atoms with Gasteiger partial charge in [-0.25, -0.2) is 4.98 Å². The first kappa shape index (κ1) is 21.4. The highest BCUT2D eigenvalue weighted by molar-refractivity contribution is 7.98. The Morgan fingerprint density at radius 1 is 0.848 bits per heavy atom. The lowest BCUT2D eigenvalue weighted by molar-refractivity contribution is 0.0985. The van der Waals surface area contributed by atoms with E-state index in [-0.39, 0.29) is 5.91 Å². The maximum Gasteiger partial charge on any atom is 0.260 e. The van der Waals surface area contributed by atoms with E-state index in [1.165, 1.54) is 4.90 Å². The van der Waals surface area contributed by atoms with Crippen LogP contribution < -0.4 is 4.90 Å². The van der Waals surface area contributed by atoms with E-state index < -0.39 is 0 Å². The number of thiazole rings is 1. The van der Waals surface area contributed by atoms with Gasteiger partial charge in [0.15, 0.2) is 5.13 Å². The lowest BCUT2D eigenvalue weighted by atomic mass is 10.0. The first-order valence-corrected chi connectivity index (χ1v) is 12.7. The third-order valence-electron chi connectivity index (χ3n) is 5.48. The summed E-state index contributed by atoms with van der Waals surface area (Å²) in [5.74, 6) is -0.0531. The van der Waals surface area contributed by atoms with Gasteiger partial charge >= 0.3 is 0 Å². The maximum atomic E-state index is 13.7. The number of nitrogens with zero attached hydrogens (tertiary/aromatic N) is 2. The Kier molecular flexibility index (Phi) is 6.24. The van der Waals surface area contributed by atoms with Gasteiger partial charge in [-0.05, 0) is 53.3 Å². The van der Waals surface area contributed by atoms with Gasteiger partial charge in [0.25, 0.3) is 5.91 Å². The highest BCUT2D eigenvalue weighted by Crippen LogP contribution is 2.33. The molecular weight excluding hydrogens is 444 g/mol. The monoisotopic (exact) mass is 466 g/mol. The third-order valence-corrected chi connectivity index (χ3v) is 7.25. The van der Waals surface area contributed by atoms with Crippen molar-refractivity contribution in [1.82, 2.24) is 4.98 Å². The summed E-state index contributed by atoms with van der Waals surface area (Å²) in [6.07, 6.45) is 2.06. The van der Waals surface area contributed by atoms with Crippen molar-refractivity contribution in [1.29, 1.82) is 0 Å². The van der Waals surface area contributed by atoms with Crippen LogP contribution in [0.15, 0.2) is 108 Å². The van der Waals surface area contributed by atoms with Crippen molar-refractivity contribution >= 4 is 44.4 Å². The molecule has 5 heteroatoms. The van der Waals surface area contributed by atoms with Crippen molar-refractivity contribution in [2.75, 3.05) is 11.2 Å². The molecule has 0 radical (unpaired) electrons. The SMILES string of the molecule is CSc1ccc2nc(N(Cc3ccccc3)C(=O)c3ccc(-c4ccccc4)cc3)sc2c1. The van der Waals surface area contributed by atoms with E-state index in [0.29, 0.717) is 17.2 Å². The van der Waals surface area contributed by atoms with E-state index in [0.717, 1.165) is 26.9 Å². The maximum absolute atomic E-state index is 13.7. The Hall–Kier alpha value is -3.41. The minimum absolute atomic E-state index is 0.0531. The smallest absolute Gasteiger partial charge is 0.260 e. The van der Waals surface area contributed by atoms with Crippen LogP contribution in [0.1, 0.15) is 15.9 Å². The van der Waals surface area contributed by atoms with Gasteiger partial charge in [-0.1, -0.05) is 84.1 Å². The molecule has 0 fully saturated rings. The zero-order valence-corrected chi connectivity index (χ0v) is 19.8. The number of aromatic nitrogens is 1. The van der Waals surface area contributed by atoms with Gasteiger partial charge in [0.05, 0.1) is 16.8 Å². The second-order valence-electron chi connectivity index (χ2n) is 7.65. The number of rotatable bonds is 6. The molecule has 0 aliphatic carbocycles.